The van der Waals surface area contributed by atoms with Crippen LogP contribution in [0.25, 0.3) is 0 Å². The summed E-state index contributed by atoms with van der Waals surface area (Å²) in [6, 6.07) is 0. The Morgan fingerprint density at radius 3 is 2.27 bits per heavy atom. The minimum absolute atomic E-state index is 0.436. The Kier molecular flexibility index (Phi) is 3.01. The molecule has 11 heavy (non-hydrogen) atoms. The summed E-state index contributed by atoms with van der Waals surface area (Å²) >= 11 is -1.74. The second-order valence-corrected chi connectivity index (χ2v) is 20.3. The van der Waals surface area contributed by atoms with Crippen LogP contribution in [0.15, 0.2) is 0 Å². The molecule has 2 unspecified atom stereocenters. The Morgan fingerprint density at radius 2 is 1.91 bits per heavy atom. The monoisotopic (exact) mass is 262 g/mol. The van der Waals surface area contributed by atoms with E-state index < -0.39 is 18.4 Å². The molecule has 0 bridgehead atoms. The fourth-order valence-corrected chi connectivity index (χ4v) is 9.65. The molecule has 0 aromatic heterocycles. The average Bonchev–Trinajstić information content (AvgIpc) is 2.31. The molecular formula is C9H18OSn. The van der Waals surface area contributed by atoms with Crippen LogP contribution in [0.2, 0.25) is 18.8 Å². The van der Waals surface area contributed by atoms with Crippen molar-refractivity contribution >= 4 is 24.7 Å². The zero-order chi connectivity index (χ0) is 8.48. The topological polar surface area (TPSA) is 17.1 Å². The van der Waals surface area contributed by atoms with Gasteiger partial charge in [0.2, 0.25) is 0 Å². The van der Waals surface area contributed by atoms with E-state index in [-0.39, 0.29) is 0 Å². The SMILES string of the molecule is [CH3][Sn]([CH3])([CH3])[CH]1CCCC1C=O. The van der Waals surface area contributed by atoms with Crippen LogP contribution >= 0.6 is 0 Å². The predicted molar refractivity (Wildman–Crippen MR) is 50.5 cm³/mol. The molecule has 1 saturated carbocycles. The van der Waals surface area contributed by atoms with E-state index >= 15 is 0 Å². The molecule has 1 aliphatic rings. The molecule has 0 aromatic carbocycles. The molecule has 2 heteroatoms. The molecule has 1 rings (SSSR count). The van der Waals surface area contributed by atoms with Crippen molar-refractivity contribution in [3.05, 3.63) is 0 Å². The molecular weight excluding hydrogens is 243 g/mol. The van der Waals surface area contributed by atoms with Crippen molar-refractivity contribution < 1.29 is 4.79 Å². The summed E-state index contributed by atoms with van der Waals surface area (Å²) in [5.41, 5.74) is 0. The summed E-state index contributed by atoms with van der Waals surface area (Å²) in [4.78, 5) is 18.0. The van der Waals surface area contributed by atoms with Gasteiger partial charge in [-0.3, -0.25) is 0 Å². The van der Waals surface area contributed by atoms with Crippen LogP contribution < -0.4 is 0 Å². The van der Waals surface area contributed by atoms with Gasteiger partial charge in [0.15, 0.2) is 0 Å². The molecule has 0 aromatic rings. The Bertz CT molecular complexity index is 148. The van der Waals surface area contributed by atoms with Crippen molar-refractivity contribution in [3.8, 4) is 0 Å². The minimum atomic E-state index is -1.74. The van der Waals surface area contributed by atoms with Crippen LogP contribution in [0.4, 0.5) is 0 Å². The van der Waals surface area contributed by atoms with Gasteiger partial charge in [0, 0.05) is 0 Å². The molecule has 0 spiro atoms. The van der Waals surface area contributed by atoms with Gasteiger partial charge in [0.05, 0.1) is 0 Å². The van der Waals surface area contributed by atoms with Gasteiger partial charge >= 0.3 is 73.4 Å². The average molecular weight is 261 g/mol. The number of rotatable bonds is 2. The molecule has 64 valence electrons. The van der Waals surface area contributed by atoms with Crippen molar-refractivity contribution in [3.63, 3.8) is 0 Å². The third-order valence-electron chi connectivity index (χ3n) is 2.86. The van der Waals surface area contributed by atoms with E-state index in [1.807, 2.05) is 0 Å². The first-order valence-corrected chi connectivity index (χ1v) is 14.7. The Labute approximate surface area is 73.4 Å². The van der Waals surface area contributed by atoms with Gasteiger partial charge in [-0.05, 0) is 0 Å². The first kappa shape index (κ1) is 9.56. The zero-order valence-corrected chi connectivity index (χ0v) is 10.6. The second-order valence-electron chi connectivity index (χ2n) is 4.70. The van der Waals surface area contributed by atoms with Crippen LogP contribution in [0.5, 0.6) is 0 Å². The van der Waals surface area contributed by atoms with E-state index in [9.17, 15) is 4.79 Å². The molecule has 1 aliphatic carbocycles. The third kappa shape index (κ3) is 2.20. The fraction of sp³-hybridized carbons (Fsp3) is 0.889. The first-order valence-electron chi connectivity index (χ1n) is 4.51. The molecule has 0 saturated heterocycles. The quantitative estimate of drug-likeness (QED) is 0.551. The maximum absolute atomic E-state index is 10.7. The number of aldehydes is 1. The van der Waals surface area contributed by atoms with Gasteiger partial charge in [-0.25, -0.2) is 0 Å². The normalized spacial score (nSPS) is 32.3. The maximum atomic E-state index is 10.7. The summed E-state index contributed by atoms with van der Waals surface area (Å²) in [6.07, 6.45) is 5.01. The summed E-state index contributed by atoms with van der Waals surface area (Å²) in [6.45, 7) is 0. The fourth-order valence-electron chi connectivity index (χ4n) is 2.23. The van der Waals surface area contributed by atoms with E-state index in [1.54, 1.807) is 0 Å². The van der Waals surface area contributed by atoms with Crippen LogP contribution in [-0.4, -0.2) is 24.7 Å². The molecule has 0 radical (unpaired) electrons. The molecule has 0 aliphatic heterocycles. The van der Waals surface area contributed by atoms with E-state index in [4.69, 9.17) is 0 Å². The van der Waals surface area contributed by atoms with Crippen molar-refractivity contribution in [2.24, 2.45) is 5.92 Å². The first-order chi connectivity index (χ1) is 5.05. The Balaban J connectivity index is 2.63. The van der Waals surface area contributed by atoms with Gasteiger partial charge in [0.1, 0.15) is 0 Å². The number of hydrogen-bond donors (Lipinski definition) is 0. The Morgan fingerprint density at radius 1 is 1.27 bits per heavy atom. The van der Waals surface area contributed by atoms with Gasteiger partial charge in [-0.2, -0.15) is 0 Å². The van der Waals surface area contributed by atoms with Crippen LogP contribution in [0.1, 0.15) is 19.3 Å². The molecule has 1 fully saturated rings. The molecule has 0 amide bonds. The van der Waals surface area contributed by atoms with Gasteiger partial charge < -0.3 is 0 Å². The van der Waals surface area contributed by atoms with Crippen molar-refractivity contribution in [1.82, 2.24) is 0 Å². The van der Waals surface area contributed by atoms with Crippen LogP contribution in [-0.2, 0) is 4.79 Å². The number of hydrogen-bond acceptors (Lipinski definition) is 1. The van der Waals surface area contributed by atoms with Crippen LogP contribution in [0, 0.1) is 5.92 Å². The predicted octanol–water partition coefficient (Wildman–Crippen LogP) is 2.69. The Hall–Kier alpha value is 0.469. The summed E-state index contributed by atoms with van der Waals surface area (Å²) in [7, 11) is 0. The van der Waals surface area contributed by atoms with Crippen molar-refractivity contribution in [2.45, 2.75) is 38.0 Å². The molecule has 2 atom stereocenters. The van der Waals surface area contributed by atoms with Crippen molar-refractivity contribution in [1.29, 1.82) is 0 Å². The van der Waals surface area contributed by atoms with Crippen LogP contribution in [0.3, 0.4) is 0 Å². The summed E-state index contributed by atoms with van der Waals surface area (Å²) in [5, 5.41) is 0. The second kappa shape index (κ2) is 3.46. The van der Waals surface area contributed by atoms with E-state index in [1.165, 1.54) is 25.5 Å². The third-order valence-corrected chi connectivity index (χ3v) is 11.3. The number of carbonyl (C=O) groups excluding carboxylic acids is 1. The molecule has 1 nitrogen and oxygen atoms in total. The molecule has 0 N–H and O–H groups in total. The number of carbonyl (C=O) groups is 1. The van der Waals surface area contributed by atoms with E-state index in [0.29, 0.717) is 5.92 Å². The summed E-state index contributed by atoms with van der Waals surface area (Å²) in [5.74, 6) is 0.436. The molecule has 0 heterocycles. The van der Waals surface area contributed by atoms with E-state index in [0.717, 1.165) is 3.93 Å². The van der Waals surface area contributed by atoms with Crippen molar-refractivity contribution in [2.75, 3.05) is 0 Å². The van der Waals surface area contributed by atoms with E-state index in [2.05, 4.69) is 14.8 Å². The van der Waals surface area contributed by atoms with Gasteiger partial charge in [-0.15, -0.1) is 0 Å². The summed E-state index contributed by atoms with van der Waals surface area (Å²) < 4.78 is 0.835. The zero-order valence-electron chi connectivity index (χ0n) is 7.76. The van der Waals surface area contributed by atoms with Gasteiger partial charge in [-0.1, -0.05) is 0 Å². The van der Waals surface area contributed by atoms with Gasteiger partial charge in [0.25, 0.3) is 0 Å². The standard InChI is InChI=1S/C6H9O.3CH3.Sn/c7-5-6-3-1-2-4-6;;;;/h3,5-6H,1-2,4H2;3*1H3;.